The minimum absolute atomic E-state index is 0.0602. The molecule has 5 aromatic rings. The highest BCUT2D eigenvalue weighted by molar-refractivity contribution is 6.30. The van der Waals surface area contributed by atoms with Crippen molar-refractivity contribution < 1.29 is 27.4 Å². The fraction of sp³-hybridized carbons (Fsp3) is 0.394. The highest BCUT2D eigenvalue weighted by Gasteiger charge is 2.41. The topological polar surface area (TPSA) is 103 Å². The molecule has 0 amide bonds. The van der Waals surface area contributed by atoms with E-state index < -0.39 is 17.8 Å². The van der Waals surface area contributed by atoms with E-state index in [1.165, 1.54) is 0 Å². The van der Waals surface area contributed by atoms with Crippen molar-refractivity contribution in [1.29, 1.82) is 0 Å². The molecule has 6 heterocycles. The van der Waals surface area contributed by atoms with E-state index in [1.54, 1.807) is 12.3 Å². The number of H-pyrrole nitrogens is 1. The van der Waals surface area contributed by atoms with Gasteiger partial charge < -0.3 is 23.8 Å². The zero-order valence-corrected chi connectivity index (χ0v) is 26.2. The van der Waals surface area contributed by atoms with Gasteiger partial charge in [-0.3, -0.25) is 9.88 Å². The van der Waals surface area contributed by atoms with Crippen LogP contribution in [0.1, 0.15) is 54.9 Å². The van der Waals surface area contributed by atoms with Gasteiger partial charge in [-0.05, 0) is 74.7 Å². The normalized spacial score (nSPS) is 21.8. The third-order valence-corrected chi connectivity index (χ3v) is 9.52. The molecule has 0 aliphatic carbocycles. The average molecular weight is 666 g/mol. The van der Waals surface area contributed by atoms with E-state index in [9.17, 15) is 13.2 Å². The van der Waals surface area contributed by atoms with Crippen molar-refractivity contribution in [3.8, 4) is 23.0 Å². The molecule has 47 heavy (non-hydrogen) atoms. The van der Waals surface area contributed by atoms with Gasteiger partial charge in [-0.2, -0.15) is 13.2 Å². The second-order valence-corrected chi connectivity index (χ2v) is 12.8. The van der Waals surface area contributed by atoms with Gasteiger partial charge in [0.1, 0.15) is 11.5 Å². The number of hydrogen-bond donors (Lipinski definition) is 1. The number of alkyl halides is 3. The Balaban J connectivity index is 0.996. The van der Waals surface area contributed by atoms with Crippen molar-refractivity contribution in [3.05, 3.63) is 82.5 Å². The van der Waals surface area contributed by atoms with Crippen LogP contribution in [-0.4, -0.2) is 60.4 Å². The van der Waals surface area contributed by atoms with Crippen molar-refractivity contribution >= 4 is 22.6 Å². The van der Waals surface area contributed by atoms with Gasteiger partial charge in [0.2, 0.25) is 5.82 Å². The number of rotatable bonds is 7. The van der Waals surface area contributed by atoms with Crippen LogP contribution in [0.3, 0.4) is 0 Å². The van der Waals surface area contributed by atoms with Gasteiger partial charge in [0.05, 0.1) is 36.4 Å². The zero-order chi connectivity index (χ0) is 32.3. The fourth-order valence-corrected chi connectivity index (χ4v) is 6.73. The molecule has 2 aromatic carbocycles. The number of pyridine rings is 1. The van der Waals surface area contributed by atoms with Crippen LogP contribution in [0, 0.1) is 0 Å². The predicted molar refractivity (Wildman–Crippen MR) is 166 cm³/mol. The summed E-state index contributed by atoms with van der Waals surface area (Å²) in [7, 11) is 0. The predicted octanol–water partition coefficient (Wildman–Crippen LogP) is 6.70. The van der Waals surface area contributed by atoms with Gasteiger partial charge in [0, 0.05) is 29.7 Å². The highest BCUT2D eigenvalue weighted by atomic mass is 35.5. The molecule has 2 fully saturated rings. The Labute approximate surface area is 272 Å². The molecule has 244 valence electrons. The van der Waals surface area contributed by atoms with Gasteiger partial charge in [-0.15, -0.1) is 10.2 Å². The van der Waals surface area contributed by atoms with Gasteiger partial charge >= 0.3 is 6.18 Å². The van der Waals surface area contributed by atoms with Crippen LogP contribution in [0.5, 0.6) is 11.5 Å². The van der Waals surface area contributed by atoms with Crippen molar-refractivity contribution in [2.75, 3.05) is 19.7 Å². The number of ether oxygens (including phenoxy) is 3. The van der Waals surface area contributed by atoms with E-state index in [4.69, 9.17) is 30.8 Å². The van der Waals surface area contributed by atoms with Crippen LogP contribution in [0.15, 0.2) is 54.7 Å². The van der Waals surface area contributed by atoms with E-state index in [1.807, 2.05) is 43.3 Å². The summed E-state index contributed by atoms with van der Waals surface area (Å²) in [6, 6.07) is 15.3. The minimum atomic E-state index is -4.63. The molecule has 10 nitrogen and oxygen atoms in total. The van der Waals surface area contributed by atoms with Gasteiger partial charge in [-0.1, -0.05) is 23.7 Å². The molecule has 3 aliphatic rings. The molecule has 1 unspecified atom stereocenters. The SMILES string of the molecule is CC1(c2ccc(Cl)cc2)Oc2cccc(C3CCN(Cc4nc5cc(-c6nnc(C(F)(F)F)[nH]6)ncc5n4C[C@@H]4CCO4)CC3)c2O1. The summed E-state index contributed by atoms with van der Waals surface area (Å²) in [5.41, 5.74) is 3.71. The van der Waals surface area contributed by atoms with Crippen molar-refractivity contribution in [2.45, 2.75) is 63.3 Å². The number of benzene rings is 2. The number of nitrogens with one attached hydrogen (secondary N) is 1. The Morgan fingerprint density at radius 1 is 1.04 bits per heavy atom. The number of piperidine rings is 1. The van der Waals surface area contributed by atoms with E-state index >= 15 is 0 Å². The molecule has 1 N–H and O–H groups in total. The van der Waals surface area contributed by atoms with Crippen molar-refractivity contribution in [3.63, 3.8) is 0 Å². The maximum absolute atomic E-state index is 13.1. The molecular formula is C33H31ClF3N7O3. The molecule has 14 heteroatoms. The zero-order valence-electron chi connectivity index (χ0n) is 25.4. The molecular weight excluding hydrogens is 635 g/mol. The minimum Gasteiger partial charge on any atom is -0.445 e. The van der Waals surface area contributed by atoms with E-state index in [2.05, 4.69) is 35.7 Å². The number of aromatic amines is 1. The number of likely N-dealkylation sites (tertiary alicyclic amines) is 1. The molecule has 0 spiro atoms. The lowest BCUT2D eigenvalue weighted by atomic mass is 9.88. The smallest absolute Gasteiger partial charge is 0.445 e. The lowest BCUT2D eigenvalue weighted by Gasteiger charge is -2.33. The highest BCUT2D eigenvalue weighted by Crippen LogP contribution is 2.49. The monoisotopic (exact) mass is 665 g/mol. The quantitative estimate of drug-likeness (QED) is 0.205. The molecule has 2 atom stereocenters. The summed E-state index contributed by atoms with van der Waals surface area (Å²) in [5.74, 6) is 0.532. The summed E-state index contributed by atoms with van der Waals surface area (Å²) in [6.45, 7) is 5.61. The molecule has 8 rings (SSSR count). The second kappa shape index (κ2) is 11.5. The molecule has 0 saturated carbocycles. The summed E-state index contributed by atoms with van der Waals surface area (Å²) < 4.78 is 60.0. The number of hydrogen-bond acceptors (Lipinski definition) is 8. The van der Waals surface area contributed by atoms with Crippen LogP contribution >= 0.6 is 11.6 Å². The van der Waals surface area contributed by atoms with Gasteiger partial charge in [0.15, 0.2) is 17.3 Å². The van der Waals surface area contributed by atoms with E-state index in [0.29, 0.717) is 29.5 Å². The van der Waals surface area contributed by atoms with Gasteiger partial charge in [-0.25, -0.2) is 4.98 Å². The summed E-state index contributed by atoms with van der Waals surface area (Å²) in [5, 5.41) is 7.55. The number of para-hydroxylation sites is 1. The molecule has 3 aliphatic heterocycles. The average Bonchev–Trinajstić information content (AvgIpc) is 3.75. The first-order chi connectivity index (χ1) is 22.6. The number of aromatic nitrogens is 6. The first-order valence-electron chi connectivity index (χ1n) is 15.6. The van der Waals surface area contributed by atoms with Crippen LogP contribution in [0.25, 0.3) is 22.6 Å². The summed E-state index contributed by atoms with van der Waals surface area (Å²) >= 11 is 6.11. The van der Waals surface area contributed by atoms with Crippen LogP contribution in [0.2, 0.25) is 5.02 Å². The molecule has 3 aromatic heterocycles. The molecule has 0 radical (unpaired) electrons. The Morgan fingerprint density at radius 2 is 1.83 bits per heavy atom. The third kappa shape index (κ3) is 5.70. The summed E-state index contributed by atoms with van der Waals surface area (Å²) in [4.78, 5) is 13.9. The number of fused-ring (bicyclic) bond motifs is 2. The maximum atomic E-state index is 13.1. The van der Waals surface area contributed by atoms with E-state index in [0.717, 1.165) is 72.9 Å². The number of imidazole rings is 1. The molecule has 2 saturated heterocycles. The van der Waals surface area contributed by atoms with Crippen LogP contribution < -0.4 is 9.47 Å². The lowest BCUT2D eigenvalue weighted by Crippen LogP contribution is -2.35. The van der Waals surface area contributed by atoms with Crippen LogP contribution in [0.4, 0.5) is 13.2 Å². The Kier molecular flexibility index (Phi) is 7.38. The summed E-state index contributed by atoms with van der Waals surface area (Å²) in [6.07, 6.45) is -0.0820. The number of nitrogens with zero attached hydrogens (tertiary/aromatic N) is 6. The first kappa shape index (κ1) is 30.2. The third-order valence-electron chi connectivity index (χ3n) is 9.26. The maximum Gasteiger partial charge on any atom is 0.451 e. The molecule has 0 bridgehead atoms. The van der Waals surface area contributed by atoms with Gasteiger partial charge in [0.25, 0.3) is 5.79 Å². The largest absolute Gasteiger partial charge is 0.451 e. The standard InChI is InChI=1S/C33H31ClF3N7O3/c1-32(20-5-7-21(34)8-6-20)46-27-4-2-3-23(29(27)47-32)19-9-12-43(13-10-19)18-28-39-24-15-25(30-40-31(42-41-30)33(35,36)37)38-16-26(24)44(28)17-22-11-14-45-22/h2-8,15-16,19,22H,9-14,17-18H2,1H3,(H,40,41,42)/t22-,32?/m0/s1. The Bertz CT molecular complexity index is 1930. The second-order valence-electron chi connectivity index (χ2n) is 12.4. The lowest BCUT2D eigenvalue weighted by molar-refractivity contribution is -0.144. The Hall–Kier alpha value is -4.20. The van der Waals surface area contributed by atoms with Crippen molar-refractivity contribution in [1.82, 2.24) is 34.6 Å². The Morgan fingerprint density at radius 3 is 2.53 bits per heavy atom. The fourth-order valence-electron chi connectivity index (χ4n) is 6.61. The van der Waals surface area contributed by atoms with E-state index in [-0.39, 0.29) is 17.6 Å². The first-order valence-corrected chi connectivity index (χ1v) is 16.0. The number of halogens is 4. The van der Waals surface area contributed by atoms with Crippen LogP contribution in [-0.2, 0) is 29.8 Å². The van der Waals surface area contributed by atoms with Crippen molar-refractivity contribution in [2.24, 2.45) is 0 Å².